The van der Waals surface area contributed by atoms with Gasteiger partial charge >= 0.3 is 19.8 Å². The fourth-order valence-corrected chi connectivity index (χ4v) is 8.21. The summed E-state index contributed by atoms with van der Waals surface area (Å²) in [6.45, 7) is 3.16. The number of ether oxygens (including phenoxy) is 2. The molecule has 0 aromatic rings. The molecule has 0 aliphatic heterocycles. The summed E-state index contributed by atoms with van der Waals surface area (Å²) in [5.74, 6) is -1.14. The monoisotopic (exact) mass is 915 g/mol. The van der Waals surface area contributed by atoms with Crippen LogP contribution in [0.25, 0.3) is 0 Å². The number of esters is 2. The van der Waals surface area contributed by atoms with Crippen LogP contribution in [0.2, 0.25) is 0 Å². The van der Waals surface area contributed by atoms with Crippen LogP contribution >= 0.6 is 7.82 Å². The van der Waals surface area contributed by atoms with E-state index in [-0.39, 0.29) is 12.8 Å². The number of phosphoric ester groups is 1. The Balaban J connectivity index is 2.40. The molecule has 0 spiro atoms. The number of allylic oxidation sites excluding steroid dienone is 8. The van der Waals surface area contributed by atoms with E-state index in [1.165, 1.54) is 89.9 Å². The van der Waals surface area contributed by atoms with Gasteiger partial charge in [-0.3, -0.25) is 18.6 Å². The molecule has 0 aromatic heterocycles. The Bertz CT molecular complexity index is 1290. The van der Waals surface area contributed by atoms with Crippen molar-refractivity contribution in [3.63, 3.8) is 0 Å². The second kappa shape index (κ2) is 39.0. The number of carbonyl (C=O) groups excluding carboxylic acids is 2. The Kier molecular flexibility index (Phi) is 36.4. The molecule has 366 valence electrons. The highest BCUT2D eigenvalue weighted by Gasteiger charge is 2.51. The standard InChI is InChI=1S/C49H87O13P/c1-3-5-7-9-11-13-15-17-18-19-20-21-22-23-24-26-27-29-31-33-35-37-42(50)59-39-41(40-60-63(57,58)62-49-47(55)45(53)44(52)46(54)48(49)56)61-43(51)38-36-34-32-30-28-25-16-14-12-10-8-6-4-2/h6,8,12,14,19-20,25,28,41,44-49,52-56H,3-5,7,9-11,13,15-18,21-24,26-27,29-40H2,1-2H3,(H,57,58)/b8-6-,14-12-,20-19-,28-25-. The molecule has 1 fully saturated rings. The van der Waals surface area contributed by atoms with Gasteiger partial charge in [-0.1, -0.05) is 159 Å². The molecule has 0 radical (unpaired) electrons. The minimum absolute atomic E-state index is 0.0603. The average Bonchev–Trinajstić information content (AvgIpc) is 3.26. The van der Waals surface area contributed by atoms with Crippen molar-refractivity contribution in [3.05, 3.63) is 48.6 Å². The molecule has 0 saturated heterocycles. The van der Waals surface area contributed by atoms with Gasteiger partial charge in [-0.05, 0) is 70.6 Å². The molecule has 13 nitrogen and oxygen atoms in total. The van der Waals surface area contributed by atoms with Gasteiger partial charge in [-0.25, -0.2) is 4.57 Å². The van der Waals surface area contributed by atoms with Crippen LogP contribution in [0.5, 0.6) is 0 Å². The van der Waals surface area contributed by atoms with Gasteiger partial charge in [0.25, 0.3) is 0 Å². The van der Waals surface area contributed by atoms with E-state index in [4.69, 9.17) is 18.5 Å². The molecule has 0 bridgehead atoms. The minimum Gasteiger partial charge on any atom is -0.462 e. The summed E-state index contributed by atoms with van der Waals surface area (Å²) in [4.78, 5) is 35.7. The number of carbonyl (C=O) groups is 2. The van der Waals surface area contributed by atoms with Crippen molar-refractivity contribution in [1.82, 2.24) is 0 Å². The molecule has 6 atom stereocenters. The van der Waals surface area contributed by atoms with Gasteiger partial charge in [0.15, 0.2) is 6.10 Å². The summed E-state index contributed by atoms with van der Waals surface area (Å²) in [6, 6.07) is 0. The Morgan fingerprint density at radius 2 is 0.905 bits per heavy atom. The number of hydrogen-bond acceptors (Lipinski definition) is 12. The number of hydrogen-bond donors (Lipinski definition) is 6. The number of aliphatic hydroxyl groups is 5. The summed E-state index contributed by atoms with van der Waals surface area (Å²) in [6.07, 6.45) is 33.2. The summed E-state index contributed by atoms with van der Waals surface area (Å²) in [5.41, 5.74) is 0. The van der Waals surface area contributed by atoms with Gasteiger partial charge < -0.3 is 39.9 Å². The fourth-order valence-electron chi connectivity index (χ4n) is 7.24. The van der Waals surface area contributed by atoms with Gasteiger partial charge in [0, 0.05) is 12.8 Å². The number of unbranched alkanes of at least 4 members (excludes halogenated alkanes) is 20. The first-order valence-electron chi connectivity index (χ1n) is 24.4. The van der Waals surface area contributed by atoms with Crippen molar-refractivity contribution in [1.29, 1.82) is 0 Å². The molecular formula is C49H87O13P. The second-order valence-corrected chi connectivity index (χ2v) is 18.3. The van der Waals surface area contributed by atoms with Crippen molar-refractivity contribution >= 4 is 19.8 Å². The maximum Gasteiger partial charge on any atom is 0.472 e. The predicted molar refractivity (Wildman–Crippen MR) is 249 cm³/mol. The van der Waals surface area contributed by atoms with E-state index in [9.17, 15) is 44.6 Å². The fraction of sp³-hybridized carbons (Fsp3) is 0.796. The van der Waals surface area contributed by atoms with Crippen molar-refractivity contribution in [2.45, 2.75) is 236 Å². The van der Waals surface area contributed by atoms with Gasteiger partial charge in [0.2, 0.25) is 0 Å². The van der Waals surface area contributed by atoms with Crippen molar-refractivity contribution in [3.8, 4) is 0 Å². The molecule has 1 aliphatic rings. The van der Waals surface area contributed by atoms with Gasteiger partial charge in [0.05, 0.1) is 6.61 Å². The predicted octanol–water partition coefficient (Wildman–Crippen LogP) is 9.95. The SMILES string of the molecule is CC/C=C\C/C=C\C/C=C\CCCCCC(=O)OC(COC(=O)CCCCCCCCCCC/C=C\CCCCCCCCCC)COP(=O)(O)OC1C(O)C(O)C(O)C(O)C1O. The summed E-state index contributed by atoms with van der Waals surface area (Å²) in [7, 11) is -5.13. The second-order valence-electron chi connectivity index (χ2n) is 16.9. The molecule has 0 heterocycles. The van der Waals surface area contributed by atoms with Gasteiger partial charge in [-0.15, -0.1) is 0 Å². The summed E-state index contributed by atoms with van der Waals surface area (Å²) >= 11 is 0. The first kappa shape index (κ1) is 58.8. The molecule has 0 amide bonds. The first-order chi connectivity index (χ1) is 30.4. The highest BCUT2D eigenvalue weighted by molar-refractivity contribution is 7.47. The van der Waals surface area contributed by atoms with Crippen LogP contribution in [-0.2, 0) is 32.7 Å². The lowest BCUT2D eigenvalue weighted by atomic mass is 9.85. The minimum atomic E-state index is -5.13. The van der Waals surface area contributed by atoms with E-state index < -0.39 is 75.7 Å². The van der Waals surface area contributed by atoms with E-state index in [2.05, 4.69) is 62.5 Å². The number of aliphatic hydroxyl groups excluding tert-OH is 5. The van der Waals surface area contributed by atoms with E-state index >= 15 is 0 Å². The van der Waals surface area contributed by atoms with E-state index in [0.717, 1.165) is 64.2 Å². The normalized spacial score (nSPS) is 22.1. The molecule has 14 heteroatoms. The van der Waals surface area contributed by atoms with Crippen molar-refractivity contribution < 1.29 is 63.1 Å². The molecule has 63 heavy (non-hydrogen) atoms. The summed E-state index contributed by atoms with van der Waals surface area (Å²) < 4.78 is 33.5. The van der Waals surface area contributed by atoms with E-state index in [1.807, 2.05) is 0 Å². The summed E-state index contributed by atoms with van der Waals surface area (Å²) in [5, 5.41) is 50.2. The van der Waals surface area contributed by atoms with Crippen LogP contribution in [-0.4, -0.2) is 98.3 Å². The molecule has 1 aliphatic carbocycles. The third kappa shape index (κ3) is 31.4. The van der Waals surface area contributed by atoms with Crippen LogP contribution in [0.15, 0.2) is 48.6 Å². The van der Waals surface area contributed by atoms with Gasteiger partial charge in [0.1, 0.15) is 43.2 Å². The molecule has 0 aromatic carbocycles. The highest BCUT2D eigenvalue weighted by Crippen LogP contribution is 2.47. The topological polar surface area (TPSA) is 210 Å². The Hall–Kier alpha value is -2.19. The number of phosphoric acid groups is 1. The molecular weight excluding hydrogens is 828 g/mol. The smallest absolute Gasteiger partial charge is 0.462 e. The zero-order valence-corrected chi connectivity index (χ0v) is 39.8. The average molecular weight is 915 g/mol. The Labute approximate surface area is 380 Å². The lowest BCUT2D eigenvalue weighted by Gasteiger charge is -2.41. The van der Waals surface area contributed by atoms with Crippen LogP contribution in [0.1, 0.15) is 194 Å². The van der Waals surface area contributed by atoms with Crippen LogP contribution in [0.3, 0.4) is 0 Å². The van der Waals surface area contributed by atoms with Gasteiger partial charge in [-0.2, -0.15) is 0 Å². The maximum atomic E-state index is 12.8. The van der Waals surface area contributed by atoms with E-state index in [0.29, 0.717) is 12.8 Å². The van der Waals surface area contributed by atoms with E-state index in [1.54, 1.807) is 0 Å². The third-order valence-electron chi connectivity index (χ3n) is 11.2. The van der Waals surface area contributed by atoms with Crippen molar-refractivity contribution in [2.75, 3.05) is 13.2 Å². The van der Waals surface area contributed by atoms with Crippen LogP contribution < -0.4 is 0 Å². The Morgan fingerprint density at radius 3 is 1.41 bits per heavy atom. The molecule has 1 rings (SSSR count). The first-order valence-corrected chi connectivity index (χ1v) is 25.9. The van der Waals surface area contributed by atoms with Crippen molar-refractivity contribution in [2.24, 2.45) is 0 Å². The Morgan fingerprint density at radius 1 is 0.508 bits per heavy atom. The molecule has 6 N–H and O–H groups in total. The highest BCUT2D eigenvalue weighted by atomic mass is 31.2. The quantitative estimate of drug-likeness (QED) is 0.0147. The number of rotatable bonds is 40. The zero-order valence-electron chi connectivity index (χ0n) is 38.9. The lowest BCUT2D eigenvalue weighted by molar-refractivity contribution is -0.220. The zero-order chi connectivity index (χ0) is 46.4. The lowest BCUT2D eigenvalue weighted by Crippen LogP contribution is -2.64. The molecule has 1 saturated carbocycles. The largest absolute Gasteiger partial charge is 0.472 e. The molecule has 6 unspecified atom stereocenters. The van der Waals surface area contributed by atoms with Crippen LogP contribution in [0.4, 0.5) is 0 Å². The van der Waals surface area contributed by atoms with Crippen LogP contribution in [0, 0.1) is 0 Å². The third-order valence-corrected chi connectivity index (χ3v) is 12.1. The maximum absolute atomic E-state index is 12.8.